The first-order chi connectivity index (χ1) is 9.93. The van der Waals surface area contributed by atoms with E-state index in [1.165, 1.54) is 12.1 Å². The van der Waals surface area contributed by atoms with Gasteiger partial charge in [-0.05, 0) is 36.6 Å². The first-order valence-electron chi connectivity index (χ1n) is 7.27. The number of likely N-dealkylation sites (N-methyl/N-ethyl adjacent to an activating group) is 1. The van der Waals surface area contributed by atoms with E-state index in [0.29, 0.717) is 31.4 Å². The van der Waals surface area contributed by atoms with Crippen molar-refractivity contribution in [1.82, 2.24) is 4.90 Å². The third kappa shape index (κ3) is 6.12. The van der Waals surface area contributed by atoms with Crippen LogP contribution in [0.3, 0.4) is 0 Å². The summed E-state index contributed by atoms with van der Waals surface area (Å²) in [6.07, 6.45) is 0.790. The molecule has 1 amide bonds. The maximum atomic E-state index is 12.8. The van der Waals surface area contributed by atoms with Crippen molar-refractivity contribution in [3.63, 3.8) is 0 Å². The summed E-state index contributed by atoms with van der Waals surface area (Å²) in [6.45, 7) is 5.36. The largest absolute Gasteiger partial charge is 0.492 e. The number of rotatable bonds is 8. The lowest BCUT2D eigenvalue weighted by Gasteiger charge is -2.24. The number of halogens is 1. The number of hydrogen-bond acceptors (Lipinski definition) is 3. The Hall–Kier alpha value is -1.62. The zero-order valence-corrected chi connectivity index (χ0v) is 13.0. The molecule has 1 atom stereocenters. The highest BCUT2D eigenvalue weighted by Gasteiger charge is 2.21. The lowest BCUT2D eigenvalue weighted by molar-refractivity contribution is -0.134. The molecule has 0 saturated carbocycles. The van der Waals surface area contributed by atoms with Crippen LogP contribution in [-0.2, 0) is 4.79 Å². The molecule has 0 radical (unpaired) electrons. The molecule has 0 heterocycles. The molecule has 21 heavy (non-hydrogen) atoms. The van der Waals surface area contributed by atoms with Gasteiger partial charge in [0.05, 0.1) is 12.5 Å². The third-order valence-corrected chi connectivity index (χ3v) is 3.27. The highest BCUT2D eigenvalue weighted by molar-refractivity contribution is 5.78. The summed E-state index contributed by atoms with van der Waals surface area (Å²) < 4.78 is 18.2. The minimum Gasteiger partial charge on any atom is -0.492 e. The molecule has 1 aromatic carbocycles. The molecule has 0 spiro atoms. The van der Waals surface area contributed by atoms with Gasteiger partial charge in [-0.3, -0.25) is 4.79 Å². The van der Waals surface area contributed by atoms with Crippen LogP contribution in [0.25, 0.3) is 0 Å². The van der Waals surface area contributed by atoms with E-state index in [-0.39, 0.29) is 17.6 Å². The molecule has 118 valence electrons. The molecule has 1 unspecified atom stereocenters. The topological polar surface area (TPSA) is 55.6 Å². The van der Waals surface area contributed by atoms with Gasteiger partial charge in [-0.1, -0.05) is 13.8 Å². The molecule has 1 rings (SSSR count). The highest BCUT2D eigenvalue weighted by atomic mass is 19.1. The van der Waals surface area contributed by atoms with E-state index < -0.39 is 0 Å². The van der Waals surface area contributed by atoms with Crippen molar-refractivity contribution >= 4 is 5.91 Å². The predicted molar refractivity (Wildman–Crippen MR) is 81.5 cm³/mol. The van der Waals surface area contributed by atoms with Crippen molar-refractivity contribution in [3.8, 4) is 5.75 Å². The summed E-state index contributed by atoms with van der Waals surface area (Å²) in [7, 11) is 1.75. The minimum atomic E-state index is -0.297. The SMILES string of the molecule is CC(C)CC(CN)C(=O)N(C)CCOc1ccc(F)cc1. The van der Waals surface area contributed by atoms with Crippen molar-refractivity contribution in [3.05, 3.63) is 30.1 Å². The van der Waals surface area contributed by atoms with Gasteiger partial charge in [0.25, 0.3) is 0 Å². The van der Waals surface area contributed by atoms with Crippen LogP contribution < -0.4 is 10.5 Å². The van der Waals surface area contributed by atoms with Crippen LogP contribution in [0.15, 0.2) is 24.3 Å². The van der Waals surface area contributed by atoms with Gasteiger partial charge in [0.1, 0.15) is 18.2 Å². The number of ether oxygens (including phenoxy) is 1. The van der Waals surface area contributed by atoms with Gasteiger partial charge in [-0.2, -0.15) is 0 Å². The van der Waals surface area contributed by atoms with E-state index in [1.807, 2.05) is 0 Å². The quantitative estimate of drug-likeness (QED) is 0.800. The Morgan fingerprint density at radius 2 is 1.95 bits per heavy atom. The fourth-order valence-corrected chi connectivity index (χ4v) is 2.12. The van der Waals surface area contributed by atoms with Gasteiger partial charge in [-0.25, -0.2) is 4.39 Å². The average Bonchev–Trinajstić information content (AvgIpc) is 2.45. The van der Waals surface area contributed by atoms with Crippen LogP contribution in [0.4, 0.5) is 4.39 Å². The second-order valence-corrected chi connectivity index (χ2v) is 5.62. The Kier molecular flexibility index (Phi) is 7.15. The van der Waals surface area contributed by atoms with Crippen LogP contribution in [0.5, 0.6) is 5.75 Å². The summed E-state index contributed by atoms with van der Waals surface area (Å²) in [5, 5.41) is 0. The van der Waals surface area contributed by atoms with Gasteiger partial charge in [-0.15, -0.1) is 0 Å². The molecule has 0 aliphatic rings. The van der Waals surface area contributed by atoms with E-state index in [9.17, 15) is 9.18 Å². The van der Waals surface area contributed by atoms with E-state index in [2.05, 4.69) is 13.8 Å². The Bertz CT molecular complexity index is 434. The first kappa shape index (κ1) is 17.4. The summed E-state index contributed by atoms with van der Waals surface area (Å²) >= 11 is 0. The van der Waals surface area contributed by atoms with E-state index in [1.54, 1.807) is 24.1 Å². The lowest BCUT2D eigenvalue weighted by atomic mass is 9.96. The third-order valence-electron chi connectivity index (χ3n) is 3.27. The normalized spacial score (nSPS) is 12.3. The molecule has 0 aliphatic carbocycles. The molecule has 4 nitrogen and oxygen atoms in total. The second-order valence-electron chi connectivity index (χ2n) is 5.62. The Morgan fingerprint density at radius 1 is 1.33 bits per heavy atom. The van der Waals surface area contributed by atoms with Gasteiger partial charge in [0.2, 0.25) is 5.91 Å². The van der Waals surface area contributed by atoms with Gasteiger partial charge < -0.3 is 15.4 Å². The van der Waals surface area contributed by atoms with E-state index in [4.69, 9.17) is 10.5 Å². The van der Waals surface area contributed by atoms with Crippen LogP contribution in [0, 0.1) is 17.7 Å². The summed E-state index contributed by atoms with van der Waals surface area (Å²) in [5.41, 5.74) is 5.68. The van der Waals surface area contributed by atoms with Crippen LogP contribution in [0.2, 0.25) is 0 Å². The zero-order valence-electron chi connectivity index (χ0n) is 13.0. The summed E-state index contributed by atoms with van der Waals surface area (Å²) in [6, 6.07) is 5.83. The number of amides is 1. The Morgan fingerprint density at radius 3 is 2.48 bits per heavy atom. The summed E-state index contributed by atoms with van der Waals surface area (Å²) in [4.78, 5) is 13.9. The minimum absolute atomic E-state index is 0.0499. The maximum Gasteiger partial charge on any atom is 0.226 e. The van der Waals surface area contributed by atoms with Crippen molar-refractivity contribution < 1.29 is 13.9 Å². The zero-order chi connectivity index (χ0) is 15.8. The van der Waals surface area contributed by atoms with Gasteiger partial charge >= 0.3 is 0 Å². The first-order valence-corrected chi connectivity index (χ1v) is 7.27. The maximum absolute atomic E-state index is 12.8. The molecule has 5 heteroatoms. The van der Waals surface area contributed by atoms with Crippen LogP contribution >= 0.6 is 0 Å². The predicted octanol–water partition coefficient (Wildman–Crippen LogP) is 2.28. The summed E-state index contributed by atoms with van der Waals surface area (Å²) in [5.74, 6) is 0.644. The smallest absolute Gasteiger partial charge is 0.226 e. The standard InChI is InChI=1S/C16H25FN2O2/c1-12(2)10-13(11-18)16(20)19(3)8-9-21-15-6-4-14(17)5-7-15/h4-7,12-13H,8-11,18H2,1-3H3. The van der Waals surface area contributed by atoms with E-state index in [0.717, 1.165) is 6.42 Å². The van der Waals surface area contributed by atoms with Crippen molar-refractivity contribution in [2.24, 2.45) is 17.6 Å². The Balaban J connectivity index is 2.39. The number of carbonyl (C=O) groups excluding carboxylic acids is 1. The average molecular weight is 296 g/mol. The lowest BCUT2D eigenvalue weighted by Crippen LogP contribution is -2.39. The molecule has 0 bridgehead atoms. The molecule has 0 fully saturated rings. The van der Waals surface area contributed by atoms with Crippen molar-refractivity contribution in [2.45, 2.75) is 20.3 Å². The van der Waals surface area contributed by atoms with E-state index >= 15 is 0 Å². The molecular formula is C16H25FN2O2. The van der Waals surface area contributed by atoms with Gasteiger partial charge in [0, 0.05) is 13.6 Å². The highest BCUT2D eigenvalue weighted by Crippen LogP contribution is 2.14. The molecule has 2 N–H and O–H groups in total. The molecular weight excluding hydrogens is 271 g/mol. The fraction of sp³-hybridized carbons (Fsp3) is 0.562. The van der Waals surface area contributed by atoms with Crippen molar-refractivity contribution in [2.75, 3.05) is 26.7 Å². The molecule has 0 saturated heterocycles. The van der Waals surface area contributed by atoms with Gasteiger partial charge in [0.15, 0.2) is 0 Å². The number of hydrogen-bond donors (Lipinski definition) is 1. The van der Waals surface area contributed by atoms with Crippen LogP contribution in [-0.4, -0.2) is 37.6 Å². The number of carbonyl (C=O) groups is 1. The fourth-order valence-electron chi connectivity index (χ4n) is 2.12. The monoisotopic (exact) mass is 296 g/mol. The van der Waals surface area contributed by atoms with Crippen molar-refractivity contribution in [1.29, 1.82) is 0 Å². The number of nitrogens with two attached hydrogens (primary N) is 1. The Labute approximate surface area is 126 Å². The number of benzene rings is 1. The second kappa shape index (κ2) is 8.62. The number of nitrogens with zero attached hydrogens (tertiary/aromatic N) is 1. The molecule has 0 aliphatic heterocycles. The van der Waals surface area contributed by atoms with Crippen LogP contribution in [0.1, 0.15) is 20.3 Å². The molecule has 0 aromatic heterocycles. The molecule has 1 aromatic rings.